The number of aromatic nitrogens is 2. The smallest absolute Gasteiger partial charge is 0.261 e. The van der Waals surface area contributed by atoms with E-state index in [1.165, 1.54) is 6.33 Å². The van der Waals surface area contributed by atoms with Gasteiger partial charge in [0.1, 0.15) is 17.8 Å². The molecule has 2 heterocycles. The van der Waals surface area contributed by atoms with Crippen LogP contribution in [0.2, 0.25) is 5.02 Å². The average molecular weight is 384 g/mol. The molecular formula is C20H18ClN3O3. The maximum Gasteiger partial charge on any atom is 0.261 e. The quantitative estimate of drug-likeness (QED) is 0.733. The van der Waals surface area contributed by atoms with Crippen molar-refractivity contribution in [3.63, 3.8) is 0 Å². The van der Waals surface area contributed by atoms with Crippen molar-refractivity contribution in [2.75, 3.05) is 6.54 Å². The van der Waals surface area contributed by atoms with E-state index in [1.54, 1.807) is 36.4 Å². The molecule has 0 aliphatic carbocycles. The number of amides is 1. The Hall–Kier alpha value is -2.86. The van der Waals surface area contributed by atoms with Crippen LogP contribution < -0.4 is 14.8 Å². The minimum atomic E-state index is -0.449. The number of carbonyl (C=O) groups is 1. The van der Waals surface area contributed by atoms with Gasteiger partial charge in [-0.15, -0.1) is 0 Å². The van der Waals surface area contributed by atoms with Gasteiger partial charge in [-0.2, -0.15) is 0 Å². The van der Waals surface area contributed by atoms with Crippen LogP contribution in [0.3, 0.4) is 0 Å². The summed E-state index contributed by atoms with van der Waals surface area (Å²) in [6.07, 6.45) is 3.66. The maximum atomic E-state index is 12.0. The summed E-state index contributed by atoms with van der Waals surface area (Å²) in [5, 5.41) is 4.25. The number of hydrogen-bond acceptors (Lipinski definition) is 5. The molecule has 6 nitrogen and oxygen atoms in total. The van der Waals surface area contributed by atoms with Crippen LogP contribution in [0.15, 0.2) is 48.8 Å². The molecule has 27 heavy (non-hydrogen) atoms. The molecule has 1 unspecified atom stereocenters. The summed E-state index contributed by atoms with van der Waals surface area (Å²) in [6, 6.07) is 12.5. The summed E-state index contributed by atoms with van der Waals surface area (Å²) in [7, 11) is 0. The largest absolute Gasteiger partial charge is 0.481 e. The number of hydrogen-bond donors (Lipinski definition) is 1. The predicted octanol–water partition coefficient (Wildman–Crippen LogP) is 4.12. The number of carbonyl (C=O) groups excluding carboxylic acids is 1. The lowest BCUT2D eigenvalue weighted by Crippen LogP contribution is -2.36. The molecular weight excluding hydrogens is 366 g/mol. The van der Waals surface area contributed by atoms with Crippen LogP contribution in [0.5, 0.6) is 17.4 Å². The second kappa shape index (κ2) is 7.80. The highest BCUT2D eigenvalue weighted by atomic mass is 35.5. The van der Waals surface area contributed by atoms with E-state index < -0.39 is 6.10 Å². The van der Waals surface area contributed by atoms with Crippen LogP contribution in [0.1, 0.15) is 19.3 Å². The second-order valence-electron chi connectivity index (χ2n) is 6.31. The van der Waals surface area contributed by atoms with Crippen LogP contribution in [-0.4, -0.2) is 28.5 Å². The van der Waals surface area contributed by atoms with E-state index in [0.29, 0.717) is 34.5 Å². The van der Waals surface area contributed by atoms with Gasteiger partial charge in [-0.1, -0.05) is 11.6 Å². The number of benzene rings is 2. The van der Waals surface area contributed by atoms with Crippen molar-refractivity contribution in [2.24, 2.45) is 0 Å². The third-order valence-corrected chi connectivity index (χ3v) is 4.60. The van der Waals surface area contributed by atoms with Gasteiger partial charge in [-0.3, -0.25) is 4.79 Å². The van der Waals surface area contributed by atoms with E-state index in [0.717, 1.165) is 24.6 Å². The fraction of sp³-hybridized carbons (Fsp3) is 0.250. The Morgan fingerprint density at radius 2 is 1.85 bits per heavy atom. The molecule has 1 atom stereocenters. The number of nitrogens with one attached hydrogen (secondary N) is 1. The van der Waals surface area contributed by atoms with E-state index in [-0.39, 0.29) is 5.91 Å². The van der Waals surface area contributed by atoms with Crippen LogP contribution in [-0.2, 0) is 4.79 Å². The van der Waals surface area contributed by atoms with Crippen molar-refractivity contribution in [1.82, 2.24) is 15.3 Å². The summed E-state index contributed by atoms with van der Waals surface area (Å²) in [4.78, 5) is 20.4. The highest BCUT2D eigenvalue weighted by molar-refractivity contribution is 6.31. The molecule has 1 N–H and O–H groups in total. The van der Waals surface area contributed by atoms with Crippen LogP contribution >= 0.6 is 11.6 Å². The summed E-state index contributed by atoms with van der Waals surface area (Å²) in [6.45, 7) is 0.712. The summed E-state index contributed by atoms with van der Waals surface area (Å²) in [5.74, 6) is 1.64. The highest BCUT2D eigenvalue weighted by Crippen LogP contribution is 2.29. The normalized spacial score (nSPS) is 17.2. The Kier molecular flexibility index (Phi) is 5.07. The fourth-order valence-electron chi connectivity index (χ4n) is 2.97. The monoisotopic (exact) mass is 383 g/mol. The lowest BCUT2D eigenvalue weighted by atomic mass is 10.2. The third-order valence-electron chi connectivity index (χ3n) is 4.36. The Bertz CT molecular complexity index is 962. The first kappa shape index (κ1) is 17.5. The zero-order valence-electron chi connectivity index (χ0n) is 14.5. The molecule has 2 aromatic carbocycles. The molecule has 1 aliphatic heterocycles. The third kappa shape index (κ3) is 4.11. The maximum absolute atomic E-state index is 12.0. The molecule has 0 spiro atoms. The first-order valence-electron chi connectivity index (χ1n) is 8.81. The molecule has 0 radical (unpaired) electrons. The zero-order chi connectivity index (χ0) is 18.6. The van der Waals surface area contributed by atoms with Gasteiger partial charge in [0.15, 0.2) is 6.10 Å². The highest BCUT2D eigenvalue weighted by Gasteiger charge is 2.22. The van der Waals surface area contributed by atoms with E-state index >= 15 is 0 Å². The van der Waals surface area contributed by atoms with Crippen LogP contribution in [0.4, 0.5) is 0 Å². The minimum absolute atomic E-state index is 0.0565. The molecule has 1 amide bonds. The van der Waals surface area contributed by atoms with E-state index in [4.69, 9.17) is 21.1 Å². The van der Waals surface area contributed by atoms with Crippen molar-refractivity contribution in [3.8, 4) is 17.4 Å². The lowest BCUT2D eigenvalue weighted by Gasteiger charge is -2.16. The fourth-order valence-corrected chi connectivity index (χ4v) is 3.14. The minimum Gasteiger partial charge on any atom is -0.481 e. The van der Waals surface area contributed by atoms with Gasteiger partial charge in [0.25, 0.3) is 5.91 Å². The molecule has 0 saturated carbocycles. The number of ether oxygens (including phenoxy) is 2. The molecule has 1 aliphatic rings. The Morgan fingerprint density at radius 1 is 1.04 bits per heavy atom. The molecule has 0 bridgehead atoms. The van der Waals surface area contributed by atoms with Gasteiger partial charge in [0, 0.05) is 11.6 Å². The first-order valence-corrected chi connectivity index (χ1v) is 9.19. The van der Waals surface area contributed by atoms with Crippen molar-refractivity contribution >= 4 is 28.4 Å². The van der Waals surface area contributed by atoms with Gasteiger partial charge in [0.2, 0.25) is 5.88 Å². The summed E-state index contributed by atoms with van der Waals surface area (Å²) >= 11 is 6.01. The van der Waals surface area contributed by atoms with E-state index in [1.807, 2.05) is 6.07 Å². The lowest BCUT2D eigenvalue weighted by molar-refractivity contribution is -0.127. The Labute approximate surface area is 161 Å². The molecule has 138 valence electrons. The molecule has 3 aromatic rings. The molecule has 1 saturated heterocycles. The zero-order valence-corrected chi connectivity index (χ0v) is 15.3. The van der Waals surface area contributed by atoms with Crippen molar-refractivity contribution in [2.45, 2.75) is 25.4 Å². The van der Waals surface area contributed by atoms with Crippen LogP contribution in [0, 0.1) is 0 Å². The predicted molar refractivity (Wildman–Crippen MR) is 102 cm³/mol. The van der Waals surface area contributed by atoms with Gasteiger partial charge in [0.05, 0.1) is 10.9 Å². The van der Waals surface area contributed by atoms with Crippen molar-refractivity contribution in [3.05, 3.63) is 53.8 Å². The molecule has 4 rings (SSSR count). The van der Waals surface area contributed by atoms with Crippen molar-refractivity contribution in [1.29, 1.82) is 0 Å². The SMILES string of the molecule is O=C1NCCCCC1Oc1ccc(Oc2ncnc3cc(Cl)ccc23)cc1. The first-order chi connectivity index (χ1) is 13.2. The number of rotatable bonds is 4. The van der Waals surface area contributed by atoms with Gasteiger partial charge in [-0.25, -0.2) is 9.97 Å². The second-order valence-corrected chi connectivity index (χ2v) is 6.74. The van der Waals surface area contributed by atoms with Crippen LogP contribution in [0.25, 0.3) is 10.9 Å². The summed E-state index contributed by atoms with van der Waals surface area (Å²) < 4.78 is 11.7. The standard InChI is InChI=1S/C20H18ClN3O3/c21-13-4-9-16-17(11-13)23-12-24-20(16)27-15-7-5-14(6-8-15)26-18-3-1-2-10-22-19(18)25/h4-9,11-12,18H,1-3,10H2,(H,22,25). The summed E-state index contributed by atoms with van der Waals surface area (Å²) in [5.41, 5.74) is 0.715. The van der Waals surface area contributed by atoms with Gasteiger partial charge in [-0.05, 0) is 61.7 Å². The molecule has 1 aromatic heterocycles. The van der Waals surface area contributed by atoms with Gasteiger partial charge < -0.3 is 14.8 Å². The molecule has 7 heteroatoms. The average Bonchev–Trinajstić information content (AvgIpc) is 2.88. The van der Waals surface area contributed by atoms with Gasteiger partial charge >= 0.3 is 0 Å². The van der Waals surface area contributed by atoms with E-state index in [2.05, 4.69) is 15.3 Å². The number of nitrogens with zero attached hydrogens (tertiary/aromatic N) is 2. The molecule has 1 fully saturated rings. The van der Waals surface area contributed by atoms with Crippen molar-refractivity contribution < 1.29 is 14.3 Å². The topological polar surface area (TPSA) is 73.3 Å². The Balaban J connectivity index is 1.49. The number of fused-ring (bicyclic) bond motifs is 1. The number of halogens is 1. The van der Waals surface area contributed by atoms with E-state index in [9.17, 15) is 4.79 Å². The Morgan fingerprint density at radius 3 is 2.70 bits per heavy atom.